The second-order valence-electron chi connectivity index (χ2n) is 5.15. The van der Waals surface area contributed by atoms with Crippen LogP contribution in [0, 0.1) is 0 Å². The number of hydrogen-bond donors (Lipinski definition) is 1. The highest BCUT2D eigenvalue weighted by Crippen LogP contribution is 2.31. The third-order valence-electron chi connectivity index (χ3n) is 2.87. The van der Waals surface area contributed by atoms with Crippen molar-refractivity contribution in [2.24, 2.45) is 7.05 Å². The standard InChI is InChI=1S/C11H14ClF2N3O3S/c1-11(2)4-7(16-20-11)21(18,19)5-6-8(10(13)14)15-17(3)9(6)12/h4,10,16H,5H2,1-3H3. The van der Waals surface area contributed by atoms with E-state index < -0.39 is 33.3 Å². The lowest BCUT2D eigenvalue weighted by molar-refractivity contribution is -0.0129. The molecule has 1 aromatic heterocycles. The number of nitrogens with one attached hydrogen (secondary N) is 1. The molecule has 0 aliphatic carbocycles. The van der Waals surface area contributed by atoms with Gasteiger partial charge in [0, 0.05) is 12.6 Å². The number of aryl methyl sites for hydroxylation is 1. The molecule has 1 aliphatic heterocycles. The monoisotopic (exact) mass is 341 g/mol. The van der Waals surface area contributed by atoms with Gasteiger partial charge in [0.1, 0.15) is 16.4 Å². The van der Waals surface area contributed by atoms with E-state index in [0.717, 1.165) is 4.68 Å². The minimum absolute atomic E-state index is 0.132. The van der Waals surface area contributed by atoms with Gasteiger partial charge in [0.2, 0.25) is 0 Å². The van der Waals surface area contributed by atoms with E-state index in [1.165, 1.54) is 13.1 Å². The van der Waals surface area contributed by atoms with Gasteiger partial charge in [-0.15, -0.1) is 0 Å². The summed E-state index contributed by atoms with van der Waals surface area (Å²) in [4.78, 5) is 5.07. The van der Waals surface area contributed by atoms with Crippen LogP contribution >= 0.6 is 11.6 Å². The number of sulfone groups is 1. The number of nitrogens with zero attached hydrogens (tertiary/aromatic N) is 2. The smallest absolute Gasteiger partial charge is 0.265 e. The summed E-state index contributed by atoms with van der Waals surface area (Å²) in [5.41, 5.74) is 0.657. The quantitative estimate of drug-likeness (QED) is 0.907. The summed E-state index contributed by atoms with van der Waals surface area (Å²) in [6.07, 6.45) is -1.54. The van der Waals surface area contributed by atoms with Crippen LogP contribution in [0.3, 0.4) is 0 Å². The zero-order valence-electron chi connectivity index (χ0n) is 11.5. The normalized spacial score (nSPS) is 18.0. The van der Waals surface area contributed by atoms with Gasteiger partial charge >= 0.3 is 0 Å². The fourth-order valence-electron chi connectivity index (χ4n) is 1.85. The molecule has 1 aromatic rings. The van der Waals surface area contributed by atoms with Crippen molar-refractivity contribution in [3.63, 3.8) is 0 Å². The highest BCUT2D eigenvalue weighted by atomic mass is 35.5. The Morgan fingerprint density at radius 2 is 2.14 bits per heavy atom. The minimum atomic E-state index is -3.90. The molecule has 10 heteroatoms. The number of rotatable bonds is 4. The van der Waals surface area contributed by atoms with Crippen LogP contribution in [0.2, 0.25) is 5.15 Å². The van der Waals surface area contributed by atoms with Gasteiger partial charge in [-0.1, -0.05) is 11.6 Å². The number of hydroxylamine groups is 1. The maximum Gasteiger partial charge on any atom is 0.282 e. The molecule has 0 radical (unpaired) electrons. The van der Waals surface area contributed by atoms with Crippen LogP contribution in [0.25, 0.3) is 0 Å². The van der Waals surface area contributed by atoms with Crippen LogP contribution in [0.1, 0.15) is 31.5 Å². The average molecular weight is 342 g/mol. The van der Waals surface area contributed by atoms with Crippen molar-refractivity contribution in [1.29, 1.82) is 0 Å². The molecule has 0 atom stereocenters. The Labute approximate surface area is 125 Å². The molecule has 6 nitrogen and oxygen atoms in total. The molecule has 0 saturated heterocycles. The van der Waals surface area contributed by atoms with Crippen molar-refractivity contribution < 1.29 is 22.0 Å². The lowest BCUT2D eigenvalue weighted by Gasteiger charge is -2.11. The van der Waals surface area contributed by atoms with E-state index in [4.69, 9.17) is 16.4 Å². The van der Waals surface area contributed by atoms with E-state index in [0.29, 0.717) is 0 Å². The molecule has 0 bridgehead atoms. The zero-order chi connectivity index (χ0) is 16.0. The molecule has 118 valence electrons. The Morgan fingerprint density at radius 3 is 2.62 bits per heavy atom. The molecule has 0 unspecified atom stereocenters. The summed E-state index contributed by atoms with van der Waals surface area (Å²) in [5, 5.41) is 3.24. The first kappa shape index (κ1) is 16.2. The number of alkyl halides is 2. The average Bonchev–Trinajstić information content (AvgIpc) is 2.84. The van der Waals surface area contributed by atoms with Gasteiger partial charge in [-0.25, -0.2) is 17.2 Å². The fraction of sp³-hybridized carbons (Fsp3) is 0.545. The summed E-state index contributed by atoms with van der Waals surface area (Å²) in [5.74, 6) is -0.683. The van der Waals surface area contributed by atoms with Crippen molar-refractivity contribution in [3.8, 4) is 0 Å². The fourth-order valence-corrected chi connectivity index (χ4v) is 3.59. The van der Waals surface area contributed by atoms with Crippen molar-refractivity contribution in [2.75, 3.05) is 0 Å². The molecule has 0 spiro atoms. The number of halogens is 3. The van der Waals surface area contributed by atoms with Crippen LogP contribution in [-0.4, -0.2) is 23.8 Å². The van der Waals surface area contributed by atoms with E-state index in [1.807, 2.05) is 0 Å². The molecular weight excluding hydrogens is 328 g/mol. The molecule has 0 fully saturated rings. The molecule has 21 heavy (non-hydrogen) atoms. The zero-order valence-corrected chi connectivity index (χ0v) is 13.1. The molecule has 1 aliphatic rings. The summed E-state index contributed by atoms with van der Waals surface area (Å²) in [7, 11) is -2.53. The highest BCUT2D eigenvalue weighted by Gasteiger charge is 2.34. The molecule has 2 rings (SSSR count). The lowest BCUT2D eigenvalue weighted by atomic mass is 10.1. The first-order valence-electron chi connectivity index (χ1n) is 5.92. The predicted octanol–water partition coefficient (Wildman–Crippen LogP) is 2.08. The van der Waals surface area contributed by atoms with Crippen molar-refractivity contribution in [2.45, 2.75) is 31.6 Å². The third-order valence-corrected chi connectivity index (χ3v) is 4.88. The van der Waals surface area contributed by atoms with E-state index in [9.17, 15) is 17.2 Å². The van der Waals surface area contributed by atoms with Gasteiger partial charge in [0.05, 0.1) is 5.75 Å². The van der Waals surface area contributed by atoms with E-state index in [1.54, 1.807) is 13.8 Å². The van der Waals surface area contributed by atoms with Gasteiger partial charge in [-0.3, -0.25) is 15.0 Å². The SMILES string of the molecule is Cn1nc(C(F)F)c(CS(=O)(=O)C2=CC(C)(C)ON2)c1Cl. The number of aromatic nitrogens is 2. The predicted molar refractivity (Wildman–Crippen MR) is 72.2 cm³/mol. The lowest BCUT2D eigenvalue weighted by Crippen LogP contribution is -2.22. The summed E-state index contributed by atoms with van der Waals surface area (Å²) in [6.45, 7) is 3.31. The van der Waals surface area contributed by atoms with E-state index in [-0.39, 0.29) is 15.7 Å². The Kier molecular flexibility index (Phi) is 4.02. The second kappa shape index (κ2) is 5.22. The van der Waals surface area contributed by atoms with Crippen molar-refractivity contribution in [1.82, 2.24) is 15.3 Å². The molecular formula is C11H14ClF2N3O3S. The molecule has 0 saturated carbocycles. The first-order valence-corrected chi connectivity index (χ1v) is 7.95. The van der Waals surface area contributed by atoms with Crippen molar-refractivity contribution in [3.05, 3.63) is 27.5 Å². The summed E-state index contributed by atoms with van der Waals surface area (Å²) < 4.78 is 51.4. The molecule has 0 aromatic carbocycles. The maximum atomic E-state index is 12.9. The topological polar surface area (TPSA) is 73.2 Å². The van der Waals surface area contributed by atoms with Gasteiger partial charge in [-0.05, 0) is 19.9 Å². The maximum absolute atomic E-state index is 12.9. The first-order chi connectivity index (χ1) is 9.53. The Hall–Kier alpha value is -1.19. The van der Waals surface area contributed by atoms with Crippen LogP contribution in [0.5, 0.6) is 0 Å². The molecule has 2 heterocycles. The van der Waals surface area contributed by atoms with Crippen molar-refractivity contribution >= 4 is 21.4 Å². The molecule has 0 amide bonds. The molecule has 1 N–H and O–H groups in total. The van der Waals surface area contributed by atoms with Crippen LogP contribution < -0.4 is 5.48 Å². The third kappa shape index (κ3) is 3.19. The van der Waals surface area contributed by atoms with Crippen LogP contribution in [0.15, 0.2) is 11.1 Å². The Morgan fingerprint density at radius 1 is 1.52 bits per heavy atom. The number of hydrogen-bond acceptors (Lipinski definition) is 5. The largest absolute Gasteiger partial charge is 0.282 e. The summed E-state index contributed by atoms with van der Waals surface area (Å²) >= 11 is 5.86. The Bertz CT molecular complexity index is 698. The van der Waals surface area contributed by atoms with Gasteiger partial charge in [0.25, 0.3) is 6.43 Å². The minimum Gasteiger partial charge on any atom is -0.265 e. The van der Waals surface area contributed by atoms with Gasteiger partial charge < -0.3 is 0 Å². The Balaban J connectivity index is 2.39. The van der Waals surface area contributed by atoms with Crippen LogP contribution in [0.4, 0.5) is 8.78 Å². The van der Waals surface area contributed by atoms with Gasteiger partial charge in [0.15, 0.2) is 14.9 Å². The van der Waals surface area contributed by atoms with Crippen LogP contribution in [-0.2, 0) is 27.5 Å². The highest BCUT2D eigenvalue weighted by molar-refractivity contribution is 7.94. The van der Waals surface area contributed by atoms with Gasteiger partial charge in [-0.2, -0.15) is 5.10 Å². The second-order valence-corrected chi connectivity index (χ2v) is 7.47. The van der Waals surface area contributed by atoms with E-state index in [2.05, 4.69) is 10.6 Å². The summed E-state index contributed by atoms with van der Waals surface area (Å²) in [6, 6.07) is 0. The van der Waals surface area contributed by atoms with E-state index >= 15 is 0 Å².